The van der Waals surface area contributed by atoms with E-state index in [9.17, 15) is 14.0 Å². The van der Waals surface area contributed by atoms with Gasteiger partial charge in [-0.05, 0) is 43.9 Å². The highest BCUT2D eigenvalue weighted by Crippen LogP contribution is 2.21. The van der Waals surface area contributed by atoms with Gasteiger partial charge < -0.3 is 4.57 Å². The molecule has 0 atom stereocenters. The third kappa shape index (κ3) is 4.29. The summed E-state index contributed by atoms with van der Waals surface area (Å²) in [6.45, 7) is 3.70. The molecule has 0 unspecified atom stereocenters. The summed E-state index contributed by atoms with van der Waals surface area (Å²) in [4.78, 5) is 30.4. The van der Waals surface area contributed by atoms with E-state index in [-0.39, 0.29) is 17.8 Å². The van der Waals surface area contributed by atoms with E-state index < -0.39 is 5.91 Å². The number of hydrogen-bond acceptors (Lipinski definition) is 4. The molecule has 1 amide bonds. The number of hydroxylamine groups is 1. The Morgan fingerprint density at radius 1 is 1.36 bits per heavy atom. The van der Waals surface area contributed by atoms with Crippen LogP contribution in [0.1, 0.15) is 34.1 Å². The average molecular weight is 364 g/mol. The number of amides is 1. The van der Waals surface area contributed by atoms with Gasteiger partial charge in [0.2, 0.25) is 0 Å². The van der Waals surface area contributed by atoms with Crippen LogP contribution in [-0.2, 0) is 18.3 Å². The zero-order valence-electron chi connectivity index (χ0n) is 14.7. The van der Waals surface area contributed by atoms with Gasteiger partial charge in [-0.2, -0.15) is 0 Å². The lowest BCUT2D eigenvalue weighted by Crippen LogP contribution is -2.31. The number of halogens is 1. The van der Waals surface area contributed by atoms with Crippen LogP contribution in [0, 0.1) is 12.7 Å². The highest BCUT2D eigenvalue weighted by molar-refractivity contribution is 7.98. The Balaban J connectivity index is 2.50. The van der Waals surface area contributed by atoms with Crippen molar-refractivity contribution in [1.29, 1.82) is 0 Å². The SMILES string of the molecule is CCONC(=O)c1cc(C)c(=O)n(C)c1Cc1ccc(SC)cc1F. The molecule has 2 aromatic rings. The van der Waals surface area contributed by atoms with Gasteiger partial charge in [0, 0.05) is 29.6 Å². The normalized spacial score (nSPS) is 10.8. The molecule has 0 aliphatic carbocycles. The molecule has 7 heteroatoms. The second-order valence-electron chi connectivity index (χ2n) is 5.55. The Morgan fingerprint density at radius 3 is 2.68 bits per heavy atom. The minimum Gasteiger partial charge on any atom is -0.314 e. The fourth-order valence-corrected chi connectivity index (χ4v) is 2.94. The summed E-state index contributed by atoms with van der Waals surface area (Å²) in [5, 5.41) is 0. The number of carbonyl (C=O) groups is 1. The minimum absolute atomic E-state index is 0.126. The quantitative estimate of drug-likeness (QED) is 0.632. The number of nitrogens with zero attached hydrogens (tertiary/aromatic N) is 1. The third-order valence-electron chi connectivity index (χ3n) is 3.89. The van der Waals surface area contributed by atoms with Crippen LogP contribution in [0.3, 0.4) is 0 Å². The van der Waals surface area contributed by atoms with Crippen LogP contribution in [0.25, 0.3) is 0 Å². The van der Waals surface area contributed by atoms with Crippen molar-refractivity contribution in [3.63, 3.8) is 0 Å². The molecule has 25 heavy (non-hydrogen) atoms. The number of aryl methyl sites for hydroxylation is 1. The number of nitrogens with one attached hydrogen (secondary N) is 1. The van der Waals surface area contributed by atoms with Crippen molar-refractivity contribution >= 4 is 17.7 Å². The zero-order valence-corrected chi connectivity index (χ0v) is 15.5. The van der Waals surface area contributed by atoms with Gasteiger partial charge in [-0.15, -0.1) is 11.8 Å². The standard InChI is InChI=1S/C18H21FN2O3S/c1-5-24-20-17(22)14-8-11(2)18(23)21(3)16(14)9-12-6-7-13(25-4)10-15(12)19/h6-8,10H,5,9H2,1-4H3,(H,20,22). The van der Waals surface area contributed by atoms with Crippen LogP contribution in [0.5, 0.6) is 0 Å². The first kappa shape index (κ1) is 19.2. The number of pyridine rings is 1. The van der Waals surface area contributed by atoms with Crippen molar-refractivity contribution in [2.45, 2.75) is 25.2 Å². The molecule has 1 heterocycles. The maximum absolute atomic E-state index is 14.3. The van der Waals surface area contributed by atoms with Crippen molar-refractivity contribution in [3.8, 4) is 0 Å². The van der Waals surface area contributed by atoms with Gasteiger partial charge >= 0.3 is 0 Å². The van der Waals surface area contributed by atoms with E-state index in [2.05, 4.69) is 5.48 Å². The van der Waals surface area contributed by atoms with Gasteiger partial charge in [0.25, 0.3) is 11.5 Å². The van der Waals surface area contributed by atoms with Crippen molar-refractivity contribution in [2.75, 3.05) is 12.9 Å². The Labute approximate surface area is 150 Å². The number of carbonyl (C=O) groups excluding carboxylic acids is 1. The molecule has 0 aliphatic rings. The van der Waals surface area contributed by atoms with Gasteiger partial charge in [0.15, 0.2) is 0 Å². The molecule has 134 valence electrons. The highest BCUT2D eigenvalue weighted by atomic mass is 32.2. The lowest BCUT2D eigenvalue weighted by molar-refractivity contribution is 0.0363. The zero-order chi connectivity index (χ0) is 18.6. The maximum atomic E-state index is 14.3. The van der Waals surface area contributed by atoms with Crippen LogP contribution in [0.4, 0.5) is 4.39 Å². The van der Waals surface area contributed by atoms with E-state index in [4.69, 9.17) is 4.84 Å². The van der Waals surface area contributed by atoms with Gasteiger partial charge in [-0.3, -0.25) is 14.4 Å². The van der Waals surface area contributed by atoms with Crippen LogP contribution in [-0.4, -0.2) is 23.3 Å². The van der Waals surface area contributed by atoms with E-state index in [0.29, 0.717) is 29.0 Å². The van der Waals surface area contributed by atoms with E-state index in [1.165, 1.54) is 28.5 Å². The number of rotatable bonds is 6. The molecule has 1 aromatic carbocycles. The molecule has 0 aliphatic heterocycles. The summed E-state index contributed by atoms with van der Waals surface area (Å²) in [6.07, 6.45) is 2.00. The number of benzene rings is 1. The van der Waals surface area contributed by atoms with Gasteiger partial charge in [-0.25, -0.2) is 9.87 Å². The van der Waals surface area contributed by atoms with Gasteiger partial charge in [0.1, 0.15) is 5.82 Å². The minimum atomic E-state index is -0.461. The fraction of sp³-hybridized carbons (Fsp3) is 0.333. The van der Waals surface area contributed by atoms with Gasteiger partial charge in [0.05, 0.1) is 12.2 Å². The third-order valence-corrected chi connectivity index (χ3v) is 4.62. The van der Waals surface area contributed by atoms with Crippen molar-refractivity contribution in [3.05, 3.63) is 62.8 Å². The Kier molecular flexibility index (Phi) is 6.39. The van der Waals surface area contributed by atoms with E-state index >= 15 is 0 Å². The predicted octanol–water partition coefficient (Wildman–Crippen LogP) is 2.83. The summed E-state index contributed by atoms with van der Waals surface area (Å²) < 4.78 is 15.7. The fourth-order valence-electron chi connectivity index (χ4n) is 2.51. The topological polar surface area (TPSA) is 60.3 Å². The van der Waals surface area contributed by atoms with Crippen molar-refractivity contribution in [1.82, 2.24) is 10.0 Å². The average Bonchev–Trinajstić information content (AvgIpc) is 2.61. The van der Waals surface area contributed by atoms with Crippen LogP contribution >= 0.6 is 11.8 Å². The first-order chi connectivity index (χ1) is 11.9. The molecule has 5 nitrogen and oxygen atoms in total. The summed E-state index contributed by atoms with van der Waals surface area (Å²) in [5.74, 6) is -0.826. The molecule has 0 fully saturated rings. The van der Waals surface area contributed by atoms with Crippen LogP contribution in [0.2, 0.25) is 0 Å². The highest BCUT2D eigenvalue weighted by Gasteiger charge is 2.18. The van der Waals surface area contributed by atoms with E-state index in [1.54, 1.807) is 27.0 Å². The second-order valence-corrected chi connectivity index (χ2v) is 6.43. The van der Waals surface area contributed by atoms with E-state index in [0.717, 1.165) is 4.90 Å². The van der Waals surface area contributed by atoms with E-state index in [1.807, 2.05) is 12.3 Å². The summed E-state index contributed by atoms with van der Waals surface area (Å²) in [6, 6.07) is 6.46. The molecular weight excluding hydrogens is 343 g/mol. The molecule has 1 N–H and O–H groups in total. The molecule has 0 radical (unpaired) electrons. The molecule has 2 rings (SSSR count). The number of aromatic nitrogens is 1. The summed E-state index contributed by atoms with van der Waals surface area (Å²) in [7, 11) is 1.58. The first-order valence-electron chi connectivity index (χ1n) is 7.83. The largest absolute Gasteiger partial charge is 0.314 e. The van der Waals surface area contributed by atoms with Crippen LogP contribution in [0.15, 0.2) is 34.0 Å². The lowest BCUT2D eigenvalue weighted by Gasteiger charge is -2.16. The second kappa shape index (κ2) is 8.31. The molecular formula is C18H21FN2O3S. The molecule has 0 saturated heterocycles. The van der Waals surface area contributed by atoms with Gasteiger partial charge in [-0.1, -0.05) is 6.07 Å². The Hall–Kier alpha value is -2.12. The lowest BCUT2D eigenvalue weighted by atomic mass is 10.0. The monoisotopic (exact) mass is 364 g/mol. The van der Waals surface area contributed by atoms with Crippen molar-refractivity contribution in [2.24, 2.45) is 7.05 Å². The molecule has 0 spiro atoms. The first-order valence-corrected chi connectivity index (χ1v) is 9.05. The number of thioether (sulfide) groups is 1. The van der Waals surface area contributed by atoms with Crippen LogP contribution < -0.4 is 11.0 Å². The van der Waals surface area contributed by atoms with Crippen molar-refractivity contribution < 1.29 is 14.0 Å². The molecule has 0 bridgehead atoms. The molecule has 0 saturated carbocycles. The Morgan fingerprint density at radius 2 is 2.08 bits per heavy atom. The number of hydrogen-bond donors (Lipinski definition) is 1. The Bertz CT molecular complexity index is 849. The maximum Gasteiger partial charge on any atom is 0.276 e. The predicted molar refractivity (Wildman–Crippen MR) is 96.5 cm³/mol. The summed E-state index contributed by atoms with van der Waals surface area (Å²) in [5.41, 5.74) is 3.69. The smallest absolute Gasteiger partial charge is 0.276 e. The molecule has 1 aromatic heterocycles. The summed E-state index contributed by atoms with van der Waals surface area (Å²) >= 11 is 1.45.